The van der Waals surface area contributed by atoms with Gasteiger partial charge in [0.1, 0.15) is 0 Å². The fraction of sp³-hybridized carbons (Fsp3) is 0.280. The normalized spacial score (nSPS) is 27.2. The summed E-state index contributed by atoms with van der Waals surface area (Å²) in [5.41, 5.74) is 0.469. The Labute approximate surface area is 189 Å². The second kappa shape index (κ2) is 7.67. The summed E-state index contributed by atoms with van der Waals surface area (Å²) >= 11 is 0. The molecule has 2 aromatic rings. The van der Waals surface area contributed by atoms with Crippen LogP contribution in [0.25, 0.3) is 11.1 Å². The third kappa shape index (κ3) is 3.17. The fourth-order valence-corrected chi connectivity index (χ4v) is 4.98. The van der Waals surface area contributed by atoms with Crippen molar-refractivity contribution in [3.05, 3.63) is 66.7 Å². The summed E-state index contributed by atoms with van der Waals surface area (Å²) in [7, 11) is 0. The minimum atomic E-state index is -1.57. The van der Waals surface area contributed by atoms with E-state index in [1.807, 2.05) is 42.5 Å². The average Bonchev–Trinajstić information content (AvgIpc) is 3.44. The minimum Gasteiger partial charge on any atom is -0.422 e. The number of carbonyl (C=O) groups excluding carboxylic acids is 4. The molecular formula is C25H21NO7. The van der Waals surface area contributed by atoms with E-state index < -0.39 is 53.6 Å². The molecule has 4 atom stereocenters. The Kier molecular flexibility index (Phi) is 4.90. The van der Waals surface area contributed by atoms with Gasteiger partial charge < -0.3 is 14.2 Å². The Bertz CT molecular complexity index is 1170. The van der Waals surface area contributed by atoms with Crippen LogP contribution < -0.4 is 4.90 Å². The summed E-state index contributed by atoms with van der Waals surface area (Å²) in [6.45, 7) is 2.33. The number of nitrogens with zero attached hydrogens (tertiary/aromatic N) is 1. The van der Waals surface area contributed by atoms with Gasteiger partial charge in [0.25, 0.3) is 6.29 Å². The summed E-state index contributed by atoms with van der Waals surface area (Å²) in [5, 5.41) is 0. The molecule has 3 aliphatic rings. The first kappa shape index (κ1) is 21.1. The highest BCUT2D eigenvalue weighted by atomic mass is 16.7. The molecule has 33 heavy (non-hydrogen) atoms. The molecule has 0 N–H and O–H groups in total. The number of esters is 2. The Morgan fingerprint density at radius 3 is 2.24 bits per heavy atom. The van der Waals surface area contributed by atoms with E-state index >= 15 is 0 Å². The summed E-state index contributed by atoms with van der Waals surface area (Å²) in [5.74, 6) is -4.14. The van der Waals surface area contributed by atoms with Crippen molar-refractivity contribution in [2.45, 2.75) is 31.8 Å². The first-order chi connectivity index (χ1) is 15.8. The molecule has 0 spiro atoms. The van der Waals surface area contributed by atoms with E-state index in [0.717, 1.165) is 11.1 Å². The van der Waals surface area contributed by atoms with Gasteiger partial charge in [-0.1, -0.05) is 54.6 Å². The van der Waals surface area contributed by atoms with Crippen molar-refractivity contribution in [2.75, 3.05) is 4.90 Å². The second-order valence-corrected chi connectivity index (χ2v) is 8.24. The summed E-state index contributed by atoms with van der Waals surface area (Å²) < 4.78 is 16.5. The molecule has 2 aromatic carbocycles. The van der Waals surface area contributed by atoms with Crippen LogP contribution in [0.1, 0.15) is 13.8 Å². The number of carbonyl (C=O) groups is 4. The predicted molar refractivity (Wildman–Crippen MR) is 115 cm³/mol. The first-order valence-electron chi connectivity index (χ1n) is 10.6. The van der Waals surface area contributed by atoms with Crippen LogP contribution in [0, 0.1) is 11.8 Å². The lowest BCUT2D eigenvalue weighted by Crippen LogP contribution is -2.52. The number of benzene rings is 2. The van der Waals surface area contributed by atoms with Gasteiger partial charge in [-0.05, 0) is 17.7 Å². The van der Waals surface area contributed by atoms with Crippen molar-refractivity contribution >= 4 is 29.4 Å². The van der Waals surface area contributed by atoms with Crippen LogP contribution >= 0.6 is 0 Å². The smallest absolute Gasteiger partial charge is 0.305 e. The highest BCUT2D eigenvalue weighted by Crippen LogP contribution is 2.55. The fourth-order valence-electron chi connectivity index (χ4n) is 4.98. The van der Waals surface area contributed by atoms with Crippen molar-refractivity contribution in [3.8, 4) is 11.1 Å². The second-order valence-electron chi connectivity index (χ2n) is 8.24. The van der Waals surface area contributed by atoms with Crippen LogP contribution in [-0.2, 0) is 33.4 Å². The maximum atomic E-state index is 13.8. The van der Waals surface area contributed by atoms with Gasteiger partial charge in [0.15, 0.2) is 5.60 Å². The zero-order valence-corrected chi connectivity index (χ0v) is 18.0. The summed E-state index contributed by atoms with van der Waals surface area (Å²) in [6.07, 6.45) is 1.02. The average molecular weight is 447 g/mol. The minimum absolute atomic E-state index is 0.408. The van der Waals surface area contributed by atoms with Crippen LogP contribution in [0.15, 0.2) is 66.7 Å². The molecule has 0 unspecified atom stereocenters. The quantitative estimate of drug-likeness (QED) is 0.301. The maximum Gasteiger partial charge on any atom is 0.305 e. The summed E-state index contributed by atoms with van der Waals surface area (Å²) in [6, 6.07) is 16.6. The number of hydrogen-bond acceptors (Lipinski definition) is 7. The van der Waals surface area contributed by atoms with Gasteiger partial charge in [-0.15, -0.1) is 0 Å². The molecule has 3 aliphatic heterocycles. The van der Waals surface area contributed by atoms with E-state index in [1.54, 1.807) is 24.3 Å². The molecule has 0 saturated carbocycles. The molecule has 8 nitrogen and oxygen atoms in total. The van der Waals surface area contributed by atoms with Gasteiger partial charge in [-0.2, -0.15) is 0 Å². The van der Waals surface area contributed by atoms with Crippen molar-refractivity contribution < 1.29 is 33.4 Å². The molecule has 2 amide bonds. The molecule has 2 fully saturated rings. The third-order valence-electron chi connectivity index (χ3n) is 6.22. The number of para-hydroxylation sites is 1. The zero-order valence-electron chi connectivity index (χ0n) is 18.0. The zero-order chi connectivity index (χ0) is 23.3. The molecule has 3 heterocycles. The molecule has 2 bridgehead atoms. The molecule has 2 saturated heterocycles. The Balaban J connectivity index is 1.58. The van der Waals surface area contributed by atoms with Gasteiger partial charge in [-0.25, -0.2) is 4.90 Å². The van der Waals surface area contributed by atoms with Crippen molar-refractivity contribution in [3.63, 3.8) is 0 Å². The largest absolute Gasteiger partial charge is 0.422 e. The first-order valence-corrected chi connectivity index (χ1v) is 10.6. The van der Waals surface area contributed by atoms with Gasteiger partial charge in [-0.3, -0.25) is 19.2 Å². The lowest BCUT2D eigenvalue weighted by molar-refractivity contribution is -0.226. The Morgan fingerprint density at radius 2 is 1.58 bits per heavy atom. The predicted octanol–water partition coefficient (Wildman–Crippen LogP) is 2.62. The van der Waals surface area contributed by atoms with Crippen molar-refractivity contribution in [1.29, 1.82) is 0 Å². The van der Waals surface area contributed by atoms with Crippen LogP contribution in [0.5, 0.6) is 0 Å². The molecule has 0 radical (unpaired) electrons. The van der Waals surface area contributed by atoms with Crippen molar-refractivity contribution in [1.82, 2.24) is 0 Å². The highest BCUT2D eigenvalue weighted by molar-refractivity contribution is 6.24. The monoisotopic (exact) mass is 447 g/mol. The number of ether oxygens (including phenoxy) is 3. The van der Waals surface area contributed by atoms with Gasteiger partial charge >= 0.3 is 11.9 Å². The van der Waals surface area contributed by atoms with Crippen LogP contribution in [-0.4, -0.2) is 41.7 Å². The van der Waals surface area contributed by atoms with E-state index in [1.165, 1.54) is 18.7 Å². The van der Waals surface area contributed by atoms with Crippen LogP contribution in [0.2, 0.25) is 0 Å². The van der Waals surface area contributed by atoms with Crippen molar-refractivity contribution in [2.24, 2.45) is 11.8 Å². The van der Waals surface area contributed by atoms with Crippen LogP contribution in [0.3, 0.4) is 0 Å². The number of rotatable bonds is 5. The lowest BCUT2D eigenvalue weighted by atomic mass is 9.76. The number of fused-ring (bicyclic) bond motifs is 5. The third-order valence-corrected chi connectivity index (χ3v) is 6.22. The van der Waals surface area contributed by atoms with E-state index in [2.05, 4.69) is 0 Å². The number of hydrogen-bond donors (Lipinski definition) is 0. The molecule has 0 aliphatic carbocycles. The highest BCUT2D eigenvalue weighted by Gasteiger charge is 2.72. The van der Waals surface area contributed by atoms with Gasteiger partial charge in [0, 0.05) is 19.4 Å². The van der Waals surface area contributed by atoms with Gasteiger partial charge in [0.05, 0.1) is 23.6 Å². The Hall–Kier alpha value is -3.78. The van der Waals surface area contributed by atoms with E-state index in [9.17, 15) is 19.2 Å². The number of imide groups is 1. The van der Waals surface area contributed by atoms with E-state index in [-0.39, 0.29) is 0 Å². The van der Waals surface area contributed by atoms with Gasteiger partial charge in [0.2, 0.25) is 11.8 Å². The Morgan fingerprint density at radius 1 is 0.939 bits per heavy atom. The SMILES string of the molecule is CC(=O)OC(OC(C)=O)[C@]12C=C[C@H](O1)[C@H]1C(=O)N(c3ccccc3-c3ccccc3)C(=O)[C@@H]12. The number of amides is 2. The molecule has 168 valence electrons. The molecule has 8 heteroatoms. The maximum absolute atomic E-state index is 13.8. The molecular weight excluding hydrogens is 426 g/mol. The molecule has 5 rings (SSSR count). The summed E-state index contributed by atoms with van der Waals surface area (Å²) in [4.78, 5) is 52.0. The van der Waals surface area contributed by atoms with E-state index in [0.29, 0.717) is 5.69 Å². The standard InChI is InChI=1S/C25H21NO7/c1-14(27)31-24(32-15(2)28)25-13-12-19(33-25)20-21(25)23(30)26(22(20)29)18-11-7-6-10-17(18)16-8-4-3-5-9-16/h3-13,19-21,24H,1-2H3/t19-,20+,21+,25+/m0/s1. The van der Waals surface area contributed by atoms with Crippen LogP contribution in [0.4, 0.5) is 5.69 Å². The number of anilines is 1. The topological polar surface area (TPSA) is 99.2 Å². The van der Waals surface area contributed by atoms with E-state index in [4.69, 9.17) is 14.2 Å². The molecule has 0 aromatic heterocycles. The lowest BCUT2D eigenvalue weighted by Gasteiger charge is -2.34.